The standard InChI is InChI=1S/C24H29NO4/c1-17(18-7-3-2-4-8-18)15-23(26)25-22(16-24(27)28)19-11-13-21(14-12-19)29-20-9-5-6-10-20/h2-4,7-8,11-14,17,20,22H,5-6,9-10,15-16H2,1H3,(H,25,26)(H,27,28)/t17-,22-/m1/s1. The van der Waals surface area contributed by atoms with Gasteiger partial charge in [0.05, 0.1) is 18.6 Å². The van der Waals surface area contributed by atoms with Crippen LogP contribution in [0.25, 0.3) is 0 Å². The molecule has 1 saturated carbocycles. The Morgan fingerprint density at radius 2 is 1.66 bits per heavy atom. The summed E-state index contributed by atoms with van der Waals surface area (Å²) in [6.45, 7) is 2.00. The lowest BCUT2D eigenvalue weighted by Crippen LogP contribution is -2.30. The first-order valence-corrected chi connectivity index (χ1v) is 10.3. The predicted octanol–water partition coefficient (Wildman–Crippen LogP) is 4.83. The summed E-state index contributed by atoms with van der Waals surface area (Å²) in [5, 5.41) is 12.2. The minimum Gasteiger partial charge on any atom is -0.490 e. The maximum Gasteiger partial charge on any atom is 0.305 e. The Morgan fingerprint density at radius 3 is 2.28 bits per heavy atom. The van der Waals surface area contributed by atoms with Crippen molar-refractivity contribution in [2.75, 3.05) is 0 Å². The molecule has 0 aromatic heterocycles. The summed E-state index contributed by atoms with van der Waals surface area (Å²) in [7, 11) is 0. The van der Waals surface area contributed by atoms with Crippen LogP contribution in [0, 0.1) is 0 Å². The number of nitrogens with one attached hydrogen (secondary N) is 1. The molecule has 1 fully saturated rings. The highest BCUT2D eigenvalue weighted by molar-refractivity contribution is 5.78. The van der Waals surface area contributed by atoms with Gasteiger partial charge in [-0.3, -0.25) is 9.59 Å². The molecule has 0 spiro atoms. The highest BCUT2D eigenvalue weighted by atomic mass is 16.5. The first kappa shape index (κ1) is 20.9. The van der Waals surface area contributed by atoms with Crippen molar-refractivity contribution in [1.29, 1.82) is 0 Å². The minimum atomic E-state index is -0.947. The summed E-state index contributed by atoms with van der Waals surface area (Å²) < 4.78 is 5.97. The molecule has 3 rings (SSSR count). The van der Waals surface area contributed by atoms with Gasteiger partial charge in [-0.2, -0.15) is 0 Å². The molecule has 2 aromatic rings. The number of ether oxygens (including phenoxy) is 1. The van der Waals surface area contributed by atoms with Crippen LogP contribution in [-0.4, -0.2) is 23.1 Å². The number of hydrogen-bond donors (Lipinski definition) is 2. The van der Waals surface area contributed by atoms with Crippen molar-refractivity contribution in [2.24, 2.45) is 0 Å². The van der Waals surface area contributed by atoms with Gasteiger partial charge in [-0.1, -0.05) is 49.4 Å². The number of amides is 1. The third-order valence-electron chi connectivity index (χ3n) is 5.46. The zero-order chi connectivity index (χ0) is 20.6. The Balaban J connectivity index is 1.62. The molecule has 0 bridgehead atoms. The predicted molar refractivity (Wildman–Crippen MR) is 112 cm³/mol. The number of aliphatic carboxylic acids is 1. The third-order valence-corrected chi connectivity index (χ3v) is 5.46. The number of hydrogen-bond acceptors (Lipinski definition) is 3. The van der Waals surface area contributed by atoms with Crippen LogP contribution in [-0.2, 0) is 9.59 Å². The van der Waals surface area contributed by atoms with Crippen LogP contribution in [0.2, 0.25) is 0 Å². The average Bonchev–Trinajstić information content (AvgIpc) is 3.21. The average molecular weight is 395 g/mol. The van der Waals surface area contributed by atoms with Gasteiger partial charge in [0.25, 0.3) is 0 Å². The lowest BCUT2D eigenvalue weighted by Gasteiger charge is -2.20. The second-order valence-electron chi connectivity index (χ2n) is 7.83. The second-order valence-corrected chi connectivity index (χ2v) is 7.83. The van der Waals surface area contributed by atoms with Crippen molar-refractivity contribution in [3.8, 4) is 5.75 Å². The van der Waals surface area contributed by atoms with Crippen molar-refractivity contribution >= 4 is 11.9 Å². The largest absolute Gasteiger partial charge is 0.490 e. The van der Waals surface area contributed by atoms with Gasteiger partial charge >= 0.3 is 5.97 Å². The molecule has 1 aliphatic rings. The number of benzene rings is 2. The number of carbonyl (C=O) groups is 2. The van der Waals surface area contributed by atoms with Crippen LogP contribution >= 0.6 is 0 Å². The Labute approximate surface area is 172 Å². The smallest absolute Gasteiger partial charge is 0.305 e. The van der Waals surface area contributed by atoms with E-state index >= 15 is 0 Å². The molecule has 2 aromatic carbocycles. The van der Waals surface area contributed by atoms with Crippen LogP contribution in [0.4, 0.5) is 0 Å². The first-order chi connectivity index (χ1) is 14.0. The fourth-order valence-electron chi connectivity index (χ4n) is 3.83. The zero-order valence-corrected chi connectivity index (χ0v) is 16.8. The Morgan fingerprint density at radius 1 is 1.00 bits per heavy atom. The monoisotopic (exact) mass is 395 g/mol. The molecule has 29 heavy (non-hydrogen) atoms. The lowest BCUT2D eigenvalue weighted by molar-refractivity contribution is -0.137. The van der Waals surface area contributed by atoms with Crippen molar-refractivity contribution < 1.29 is 19.4 Å². The van der Waals surface area contributed by atoms with Crippen molar-refractivity contribution in [2.45, 2.75) is 63.5 Å². The number of carboxylic acids is 1. The topological polar surface area (TPSA) is 75.6 Å². The normalized spacial score (nSPS) is 16.2. The SMILES string of the molecule is C[C@H](CC(=O)N[C@H](CC(=O)O)c1ccc(OC2CCCC2)cc1)c1ccccc1. The zero-order valence-electron chi connectivity index (χ0n) is 16.8. The van der Waals surface area contributed by atoms with Gasteiger partial charge in [0.15, 0.2) is 0 Å². The molecular formula is C24H29NO4. The number of carboxylic acid groups (broad SMARTS) is 1. The van der Waals surface area contributed by atoms with Crippen molar-refractivity contribution in [1.82, 2.24) is 5.32 Å². The van der Waals surface area contributed by atoms with Gasteiger partial charge in [0.1, 0.15) is 5.75 Å². The van der Waals surface area contributed by atoms with Crippen LogP contribution < -0.4 is 10.1 Å². The summed E-state index contributed by atoms with van der Waals surface area (Å²) in [4.78, 5) is 23.9. The fourth-order valence-corrected chi connectivity index (χ4v) is 3.83. The lowest BCUT2D eigenvalue weighted by atomic mass is 9.96. The molecule has 0 heterocycles. The first-order valence-electron chi connectivity index (χ1n) is 10.3. The summed E-state index contributed by atoms with van der Waals surface area (Å²) >= 11 is 0. The van der Waals surface area contributed by atoms with E-state index in [0.29, 0.717) is 6.42 Å². The molecule has 5 nitrogen and oxygen atoms in total. The van der Waals surface area contributed by atoms with E-state index in [1.165, 1.54) is 12.8 Å². The van der Waals surface area contributed by atoms with Crippen molar-refractivity contribution in [3.05, 3.63) is 65.7 Å². The molecule has 0 saturated heterocycles. The molecule has 1 amide bonds. The van der Waals surface area contributed by atoms with E-state index in [-0.39, 0.29) is 24.3 Å². The maximum atomic E-state index is 12.6. The third kappa shape index (κ3) is 6.34. The number of carbonyl (C=O) groups excluding carboxylic acids is 1. The van der Waals surface area contributed by atoms with Crippen LogP contribution in [0.15, 0.2) is 54.6 Å². The molecule has 0 unspecified atom stereocenters. The van der Waals surface area contributed by atoms with E-state index in [1.807, 2.05) is 61.5 Å². The van der Waals surface area contributed by atoms with Crippen LogP contribution in [0.5, 0.6) is 5.75 Å². The molecule has 2 atom stereocenters. The summed E-state index contributed by atoms with van der Waals surface area (Å²) in [5.41, 5.74) is 1.86. The van der Waals surface area contributed by atoms with Crippen LogP contribution in [0.3, 0.4) is 0 Å². The van der Waals surface area contributed by atoms with Crippen molar-refractivity contribution in [3.63, 3.8) is 0 Å². The summed E-state index contributed by atoms with van der Waals surface area (Å²) in [6.07, 6.45) is 5.00. The summed E-state index contributed by atoms with van der Waals surface area (Å²) in [6, 6.07) is 16.7. The van der Waals surface area contributed by atoms with E-state index < -0.39 is 12.0 Å². The Kier molecular flexibility index (Phi) is 7.28. The molecule has 0 aliphatic heterocycles. The molecule has 2 N–H and O–H groups in total. The molecule has 5 heteroatoms. The van der Waals surface area contributed by atoms with Gasteiger partial charge in [-0.15, -0.1) is 0 Å². The Hall–Kier alpha value is -2.82. The van der Waals surface area contributed by atoms with Gasteiger partial charge < -0.3 is 15.2 Å². The minimum absolute atomic E-state index is 0.0591. The second kappa shape index (κ2) is 10.1. The summed E-state index contributed by atoms with van der Waals surface area (Å²) in [5.74, 6) is -0.251. The van der Waals surface area contributed by atoms with E-state index in [4.69, 9.17) is 4.74 Å². The molecule has 1 aliphatic carbocycles. The molecular weight excluding hydrogens is 366 g/mol. The van der Waals surface area contributed by atoms with E-state index in [0.717, 1.165) is 29.7 Å². The quantitative estimate of drug-likeness (QED) is 0.637. The van der Waals surface area contributed by atoms with E-state index in [2.05, 4.69) is 5.32 Å². The molecule has 0 radical (unpaired) electrons. The highest BCUT2D eigenvalue weighted by Crippen LogP contribution is 2.26. The van der Waals surface area contributed by atoms with E-state index in [9.17, 15) is 14.7 Å². The van der Waals surface area contributed by atoms with Gasteiger partial charge in [0, 0.05) is 6.42 Å². The molecule has 154 valence electrons. The van der Waals surface area contributed by atoms with Crippen LogP contribution in [0.1, 0.15) is 68.5 Å². The maximum absolute atomic E-state index is 12.6. The fraction of sp³-hybridized carbons (Fsp3) is 0.417. The number of rotatable bonds is 9. The Bertz CT molecular complexity index is 797. The van der Waals surface area contributed by atoms with Gasteiger partial charge in [-0.25, -0.2) is 0 Å². The van der Waals surface area contributed by atoms with E-state index in [1.54, 1.807) is 0 Å². The highest BCUT2D eigenvalue weighted by Gasteiger charge is 2.21. The van der Waals surface area contributed by atoms with Gasteiger partial charge in [0.2, 0.25) is 5.91 Å². The van der Waals surface area contributed by atoms with Gasteiger partial charge in [-0.05, 0) is 54.9 Å².